The van der Waals surface area contributed by atoms with Crippen molar-refractivity contribution >= 4 is 17.3 Å². The first-order valence-corrected chi connectivity index (χ1v) is 5.43. The first-order valence-electron chi connectivity index (χ1n) is 5.43. The third-order valence-electron chi connectivity index (χ3n) is 3.10. The molecule has 0 bridgehead atoms. The number of nitrogen functional groups attached to an aromatic ring is 1. The molecule has 0 radical (unpaired) electrons. The highest BCUT2D eigenvalue weighted by atomic mass is 16.2. The molecule has 0 saturated carbocycles. The Hall–Kier alpha value is -1.71. The molecule has 1 amide bonds. The number of carbonyl (C=O) groups excluding carboxylic acids is 1. The Bertz CT molecular complexity index is 417. The third kappa shape index (κ3) is 1.83. The van der Waals surface area contributed by atoms with Crippen LogP contribution in [0.1, 0.15) is 5.56 Å². The van der Waals surface area contributed by atoms with Crippen molar-refractivity contribution in [2.45, 2.75) is 6.92 Å². The van der Waals surface area contributed by atoms with Gasteiger partial charge in [-0.05, 0) is 18.6 Å². The van der Waals surface area contributed by atoms with E-state index in [4.69, 9.17) is 5.73 Å². The fourth-order valence-corrected chi connectivity index (χ4v) is 1.90. The number of rotatable bonds is 1. The highest BCUT2D eigenvalue weighted by molar-refractivity contribution is 5.84. The first-order chi connectivity index (χ1) is 7.59. The Morgan fingerprint density at radius 3 is 2.75 bits per heavy atom. The zero-order valence-electron chi connectivity index (χ0n) is 9.73. The van der Waals surface area contributed by atoms with Gasteiger partial charge in [0, 0.05) is 20.1 Å². The Labute approximate surface area is 95.6 Å². The topological polar surface area (TPSA) is 49.6 Å². The summed E-state index contributed by atoms with van der Waals surface area (Å²) in [5.74, 6) is 0.146. The van der Waals surface area contributed by atoms with Gasteiger partial charge in [0.15, 0.2) is 0 Å². The number of piperazine rings is 1. The molecule has 0 spiro atoms. The van der Waals surface area contributed by atoms with Crippen molar-refractivity contribution in [3.05, 3.63) is 23.8 Å². The fourth-order valence-electron chi connectivity index (χ4n) is 1.90. The molecule has 1 aliphatic rings. The van der Waals surface area contributed by atoms with E-state index < -0.39 is 0 Å². The molecular weight excluding hydrogens is 202 g/mol. The lowest BCUT2D eigenvalue weighted by molar-refractivity contribution is -0.129. The van der Waals surface area contributed by atoms with Crippen molar-refractivity contribution in [2.24, 2.45) is 0 Å². The lowest BCUT2D eigenvalue weighted by Crippen LogP contribution is -2.48. The number of hydrogen-bond acceptors (Lipinski definition) is 3. The highest BCUT2D eigenvalue weighted by Gasteiger charge is 2.22. The smallest absolute Gasteiger partial charge is 0.241 e. The van der Waals surface area contributed by atoms with Crippen LogP contribution in [0.3, 0.4) is 0 Å². The number of aryl methyl sites for hydroxylation is 1. The van der Waals surface area contributed by atoms with E-state index in [-0.39, 0.29) is 5.91 Å². The van der Waals surface area contributed by atoms with E-state index >= 15 is 0 Å². The number of likely N-dealkylation sites (N-methyl/N-ethyl adjacent to an activating group) is 1. The van der Waals surface area contributed by atoms with Crippen molar-refractivity contribution in [1.29, 1.82) is 0 Å². The minimum Gasteiger partial charge on any atom is -0.397 e. The second-order valence-electron chi connectivity index (χ2n) is 4.24. The summed E-state index contributed by atoms with van der Waals surface area (Å²) >= 11 is 0. The van der Waals surface area contributed by atoms with Gasteiger partial charge in [0.1, 0.15) is 0 Å². The summed E-state index contributed by atoms with van der Waals surface area (Å²) in [5, 5.41) is 0. The summed E-state index contributed by atoms with van der Waals surface area (Å²) in [5.41, 5.74) is 8.84. The lowest BCUT2D eigenvalue weighted by atomic mass is 10.1. The molecule has 1 heterocycles. The van der Waals surface area contributed by atoms with E-state index in [0.717, 1.165) is 30.0 Å². The van der Waals surface area contributed by atoms with Gasteiger partial charge >= 0.3 is 0 Å². The maximum Gasteiger partial charge on any atom is 0.241 e. The minimum absolute atomic E-state index is 0.146. The maximum atomic E-state index is 11.6. The van der Waals surface area contributed by atoms with Gasteiger partial charge in [0.25, 0.3) is 0 Å². The van der Waals surface area contributed by atoms with Gasteiger partial charge in [0.2, 0.25) is 5.91 Å². The predicted octanol–water partition coefficient (Wildman–Crippen LogP) is 0.856. The van der Waals surface area contributed by atoms with Crippen molar-refractivity contribution in [1.82, 2.24) is 4.90 Å². The summed E-state index contributed by atoms with van der Waals surface area (Å²) < 4.78 is 0. The second kappa shape index (κ2) is 4.04. The van der Waals surface area contributed by atoms with Crippen LogP contribution in [0, 0.1) is 6.92 Å². The van der Waals surface area contributed by atoms with Crippen molar-refractivity contribution in [3.63, 3.8) is 0 Å². The molecule has 4 heteroatoms. The zero-order valence-corrected chi connectivity index (χ0v) is 9.73. The van der Waals surface area contributed by atoms with Crippen molar-refractivity contribution in [3.8, 4) is 0 Å². The summed E-state index contributed by atoms with van der Waals surface area (Å²) in [4.78, 5) is 15.4. The molecular formula is C12H17N3O. The molecule has 1 aromatic rings. The Balaban J connectivity index is 2.25. The molecule has 2 rings (SSSR count). The number of nitrogens with two attached hydrogens (primary N) is 1. The van der Waals surface area contributed by atoms with Crippen LogP contribution in [0.5, 0.6) is 0 Å². The minimum atomic E-state index is 0.146. The van der Waals surface area contributed by atoms with Gasteiger partial charge < -0.3 is 15.5 Å². The van der Waals surface area contributed by atoms with E-state index in [1.165, 1.54) is 0 Å². The average Bonchev–Trinajstić information content (AvgIpc) is 2.26. The molecule has 1 aliphatic heterocycles. The number of carbonyl (C=O) groups is 1. The molecule has 16 heavy (non-hydrogen) atoms. The zero-order chi connectivity index (χ0) is 11.7. The van der Waals surface area contributed by atoms with Crippen LogP contribution in [0.2, 0.25) is 0 Å². The number of amides is 1. The number of benzene rings is 1. The molecule has 4 nitrogen and oxygen atoms in total. The van der Waals surface area contributed by atoms with E-state index in [1.54, 1.807) is 4.90 Å². The van der Waals surface area contributed by atoms with E-state index in [2.05, 4.69) is 0 Å². The van der Waals surface area contributed by atoms with Crippen LogP contribution >= 0.6 is 0 Å². The van der Waals surface area contributed by atoms with Gasteiger partial charge in [-0.3, -0.25) is 4.79 Å². The summed E-state index contributed by atoms with van der Waals surface area (Å²) in [6.07, 6.45) is 0. The predicted molar refractivity (Wildman–Crippen MR) is 65.4 cm³/mol. The van der Waals surface area contributed by atoms with Crippen LogP contribution in [0.4, 0.5) is 11.4 Å². The Morgan fingerprint density at radius 2 is 2.06 bits per heavy atom. The standard InChI is InChI=1S/C12H17N3O/c1-9-4-3-5-10(12(9)13)15-7-6-14(2)11(16)8-15/h3-5H,6-8,13H2,1-2H3. The molecule has 0 aliphatic carbocycles. The van der Waals surface area contributed by atoms with Gasteiger partial charge in [0.05, 0.1) is 17.9 Å². The number of anilines is 2. The third-order valence-corrected chi connectivity index (χ3v) is 3.10. The average molecular weight is 219 g/mol. The van der Waals surface area contributed by atoms with Crippen molar-refractivity contribution < 1.29 is 4.79 Å². The van der Waals surface area contributed by atoms with Gasteiger partial charge in [-0.25, -0.2) is 0 Å². The van der Waals surface area contributed by atoms with Crippen molar-refractivity contribution in [2.75, 3.05) is 37.3 Å². The number of hydrogen-bond donors (Lipinski definition) is 1. The molecule has 1 saturated heterocycles. The number of para-hydroxylation sites is 1. The molecule has 2 N–H and O–H groups in total. The van der Waals surface area contributed by atoms with Crippen LogP contribution in [-0.4, -0.2) is 37.5 Å². The monoisotopic (exact) mass is 219 g/mol. The quantitative estimate of drug-likeness (QED) is 0.713. The summed E-state index contributed by atoms with van der Waals surface area (Å²) in [7, 11) is 1.83. The highest BCUT2D eigenvalue weighted by Crippen LogP contribution is 2.26. The Morgan fingerprint density at radius 1 is 1.31 bits per heavy atom. The summed E-state index contributed by atoms with van der Waals surface area (Å²) in [6, 6.07) is 5.93. The van der Waals surface area contributed by atoms with E-state index in [1.807, 2.05) is 37.1 Å². The van der Waals surface area contributed by atoms with Gasteiger partial charge in [-0.1, -0.05) is 12.1 Å². The molecule has 0 aromatic heterocycles. The van der Waals surface area contributed by atoms with E-state index in [9.17, 15) is 4.79 Å². The van der Waals surface area contributed by atoms with Crippen LogP contribution < -0.4 is 10.6 Å². The van der Waals surface area contributed by atoms with Crippen LogP contribution in [-0.2, 0) is 4.79 Å². The normalized spacial score (nSPS) is 16.8. The van der Waals surface area contributed by atoms with Crippen LogP contribution in [0.15, 0.2) is 18.2 Å². The van der Waals surface area contributed by atoms with Crippen LogP contribution in [0.25, 0.3) is 0 Å². The first kappa shape index (κ1) is 10.8. The molecule has 1 aromatic carbocycles. The maximum absolute atomic E-state index is 11.6. The SMILES string of the molecule is Cc1cccc(N2CCN(C)C(=O)C2)c1N. The van der Waals surface area contributed by atoms with Gasteiger partial charge in [-0.2, -0.15) is 0 Å². The van der Waals surface area contributed by atoms with Gasteiger partial charge in [-0.15, -0.1) is 0 Å². The fraction of sp³-hybridized carbons (Fsp3) is 0.417. The molecule has 0 atom stereocenters. The largest absolute Gasteiger partial charge is 0.397 e. The summed E-state index contributed by atoms with van der Waals surface area (Å²) in [6.45, 7) is 4.00. The Kier molecular flexibility index (Phi) is 2.73. The lowest BCUT2D eigenvalue weighted by Gasteiger charge is -2.34. The number of nitrogens with zero attached hydrogens (tertiary/aromatic N) is 2. The van der Waals surface area contributed by atoms with E-state index in [0.29, 0.717) is 6.54 Å². The second-order valence-corrected chi connectivity index (χ2v) is 4.24. The molecule has 86 valence electrons. The molecule has 1 fully saturated rings. The molecule has 0 unspecified atom stereocenters.